The molecule has 2 rings (SSSR count). The predicted molar refractivity (Wildman–Crippen MR) is 71.7 cm³/mol. The number of anilines is 1. The summed E-state index contributed by atoms with van der Waals surface area (Å²) in [5.74, 6) is -0.884. The van der Waals surface area contributed by atoms with Crippen molar-refractivity contribution in [2.24, 2.45) is 0 Å². The Balaban J connectivity index is 2.34. The van der Waals surface area contributed by atoms with Crippen molar-refractivity contribution < 1.29 is 14.8 Å². The van der Waals surface area contributed by atoms with E-state index < -0.39 is 10.8 Å². The molecule has 0 saturated carbocycles. The summed E-state index contributed by atoms with van der Waals surface area (Å²) in [6, 6.07) is 6.50. The van der Waals surface area contributed by atoms with Crippen molar-refractivity contribution >= 4 is 17.3 Å². The molecule has 1 amide bonds. The molecule has 2 N–H and O–H groups in total. The number of aromatic hydroxyl groups is 1. The first-order valence-electron chi connectivity index (χ1n) is 5.69. The third-order valence-electron chi connectivity index (χ3n) is 2.58. The summed E-state index contributed by atoms with van der Waals surface area (Å²) in [7, 11) is 0. The van der Waals surface area contributed by atoms with Gasteiger partial charge >= 0.3 is 0 Å². The molecule has 102 valence electrons. The maximum atomic E-state index is 12.1. The summed E-state index contributed by atoms with van der Waals surface area (Å²) in [5, 5.41) is 22.8. The molecule has 0 radical (unpaired) electrons. The van der Waals surface area contributed by atoms with Gasteiger partial charge in [0.2, 0.25) is 0 Å². The van der Waals surface area contributed by atoms with E-state index in [9.17, 15) is 20.0 Å². The summed E-state index contributed by atoms with van der Waals surface area (Å²) in [6.07, 6.45) is 1.52. The number of rotatable bonds is 3. The van der Waals surface area contributed by atoms with Crippen LogP contribution in [0, 0.1) is 17.0 Å². The maximum Gasteiger partial charge on any atom is 0.282 e. The van der Waals surface area contributed by atoms with Gasteiger partial charge in [-0.3, -0.25) is 19.9 Å². The Morgan fingerprint density at radius 3 is 2.75 bits per heavy atom. The number of hydrogen-bond acceptors (Lipinski definition) is 5. The molecule has 7 heteroatoms. The second-order valence-corrected chi connectivity index (χ2v) is 4.10. The first-order valence-corrected chi connectivity index (χ1v) is 5.69. The molecule has 2 aromatic rings. The van der Waals surface area contributed by atoms with Crippen LogP contribution in [0.2, 0.25) is 0 Å². The molecule has 0 unspecified atom stereocenters. The summed E-state index contributed by atoms with van der Waals surface area (Å²) in [4.78, 5) is 26.2. The Bertz CT molecular complexity index is 685. The molecule has 0 fully saturated rings. The van der Waals surface area contributed by atoms with E-state index in [-0.39, 0.29) is 17.0 Å². The van der Waals surface area contributed by atoms with Gasteiger partial charge in [-0.15, -0.1) is 0 Å². The second kappa shape index (κ2) is 5.35. The average molecular weight is 273 g/mol. The number of nitrogens with zero attached hydrogens (tertiary/aromatic N) is 2. The minimum atomic E-state index is -0.674. The fourth-order valence-electron chi connectivity index (χ4n) is 1.69. The molecule has 1 heterocycles. The lowest BCUT2D eigenvalue weighted by Crippen LogP contribution is -2.14. The van der Waals surface area contributed by atoms with Crippen LogP contribution in [0.4, 0.5) is 11.4 Å². The summed E-state index contributed by atoms with van der Waals surface area (Å²) in [6.45, 7) is 1.76. The zero-order valence-corrected chi connectivity index (χ0v) is 10.5. The number of hydrogen-bond donors (Lipinski definition) is 2. The fourth-order valence-corrected chi connectivity index (χ4v) is 1.69. The number of phenolic OH excluding ortho intramolecular Hbond substituents is 1. The van der Waals surface area contributed by atoms with E-state index >= 15 is 0 Å². The number of nitro benzene ring substituents is 1. The Hall–Kier alpha value is -2.96. The van der Waals surface area contributed by atoms with Crippen LogP contribution in [-0.4, -0.2) is 20.9 Å². The van der Waals surface area contributed by atoms with Crippen LogP contribution in [0.15, 0.2) is 36.5 Å². The van der Waals surface area contributed by atoms with Crippen molar-refractivity contribution in [1.29, 1.82) is 0 Å². The van der Waals surface area contributed by atoms with Crippen LogP contribution >= 0.6 is 0 Å². The topological polar surface area (TPSA) is 105 Å². The number of carbonyl (C=O) groups is 1. The largest absolute Gasteiger partial charge is 0.508 e. The highest BCUT2D eigenvalue weighted by Crippen LogP contribution is 2.24. The first-order chi connectivity index (χ1) is 9.47. The second-order valence-electron chi connectivity index (χ2n) is 4.10. The Morgan fingerprint density at radius 1 is 1.35 bits per heavy atom. The van der Waals surface area contributed by atoms with Crippen molar-refractivity contribution in [3.8, 4) is 5.75 Å². The highest BCUT2D eigenvalue weighted by molar-refractivity contribution is 6.07. The smallest absolute Gasteiger partial charge is 0.282 e. The van der Waals surface area contributed by atoms with Gasteiger partial charge in [0, 0.05) is 23.6 Å². The molecule has 0 aliphatic carbocycles. The predicted octanol–water partition coefficient (Wildman–Crippen LogP) is 2.26. The van der Waals surface area contributed by atoms with E-state index in [0.717, 1.165) is 18.2 Å². The molecule has 7 nitrogen and oxygen atoms in total. The highest BCUT2D eigenvalue weighted by Gasteiger charge is 2.20. The van der Waals surface area contributed by atoms with Crippen LogP contribution in [0.25, 0.3) is 0 Å². The van der Waals surface area contributed by atoms with Crippen LogP contribution in [0.1, 0.15) is 16.1 Å². The Labute approximate surface area is 114 Å². The van der Waals surface area contributed by atoms with Gasteiger partial charge in [-0.2, -0.15) is 0 Å². The number of nitro groups is 1. The van der Waals surface area contributed by atoms with Gasteiger partial charge in [-0.05, 0) is 31.2 Å². The average Bonchev–Trinajstić information content (AvgIpc) is 2.38. The number of benzene rings is 1. The molecule has 1 aromatic carbocycles. The van der Waals surface area contributed by atoms with Gasteiger partial charge in [0.1, 0.15) is 11.3 Å². The lowest BCUT2D eigenvalue weighted by Gasteiger charge is -2.06. The number of pyridine rings is 1. The molecule has 0 spiro atoms. The number of nitrogens with one attached hydrogen (secondary N) is 1. The van der Waals surface area contributed by atoms with Crippen molar-refractivity contribution in [2.45, 2.75) is 6.92 Å². The van der Waals surface area contributed by atoms with E-state index in [1.165, 1.54) is 6.20 Å². The summed E-state index contributed by atoms with van der Waals surface area (Å²) < 4.78 is 0. The molecule has 20 heavy (non-hydrogen) atoms. The van der Waals surface area contributed by atoms with Gasteiger partial charge in [0.05, 0.1) is 4.92 Å². The molecule has 0 bridgehead atoms. The molecular weight excluding hydrogens is 262 g/mol. The zero-order valence-electron chi connectivity index (χ0n) is 10.5. The van der Waals surface area contributed by atoms with Gasteiger partial charge in [-0.1, -0.05) is 0 Å². The molecular formula is C13H11N3O4. The molecule has 0 saturated heterocycles. The normalized spacial score (nSPS) is 10.1. The molecule has 0 aliphatic rings. The van der Waals surface area contributed by atoms with Crippen LogP contribution in [-0.2, 0) is 0 Å². The van der Waals surface area contributed by atoms with Crippen molar-refractivity contribution in [3.05, 3.63) is 57.9 Å². The Morgan fingerprint density at radius 2 is 2.10 bits per heavy atom. The number of aryl methyl sites for hydroxylation is 1. The molecule has 0 atom stereocenters. The SMILES string of the molecule is Cc1cc(NC(=O)c2cc(O)ccc2[N+](=O)[O-])ccn1. The first kappa shape index (κ1) is 13.5. The van der Waals surface area contributed by atoms with E-state index in [1.807, 2.05) is 0 Å². The van der Waals surface area contributed by atoms with E-state index in [1.54, 1.807) is 19.1 Å². The minimum Gasteiger partial charge on any atom is -0.508 e. The standard InChI is InChI=1S/C13H11N3O4/c1-8-6-9(4-5-14-8)15-13(18)11-7-10(17)2-3-12(11)16(19)20/h2-7,17H,1H3,(H,14,15,18). The van der Waals surface area contributed by atoms with Gasteiger partial charge < -0.3 is 10.4 Å². The van der Waals surface area contributed by atoms with E-state index in [4.69, 9.17) is 0 Å². The monoisotopic (exact) mass is 273 g/mol. The lowest BCUT2D eigenvalue weighted by atomic mass is 10.1. The fraction of sp³-hybridized carbons (Fsp3) is 0.0769. The van der Waals surface area contributed by atoms with Crippen molar-refractivity contribution in [2.75, 3.05) is 5.32 Å². The van der Waals surface area contributed by atoms with Crippen LogP contribution in [0.3, 0.4) is 0 Å². The lowest BCUT2D eigenvalue weighted by molar-refractivity contribution is -0.385. The highest BCUT2D eigenvalue weighted by atomic mass is 16.6. The maximum absolute atomic E-state index is 12.1. The zero-order chi connectivity index (χ0) is 14.7. The third-order valence-corrected chi connectivity index (χ3v) is 2.58. The van der Waals surface area contributed by atoms with Crippen molar-refractivity contribution in [1.82, 2.24) is 4.98 Å². The molecule has 1 aromatic heterocycles. The number of aromatic nitrogens is 1. The van der Waals surface area contributed by atoms with Crippen LogP contribution < -0.4 is 5.32 Å². The summed E-state index contributed by atoms with van der Waals surface area (Å²) in [5.41, 5.74) is 0.601. The van der Waals surface area contributed by atoms with Gasteiger partial charge in [0.25, 0.3) is 11.6 Å². The number of carbonyl (C=O) groups excluding carboxylic acids is 1. The van der Waals surface area contributed by atoms with Gasteiger partial charge in [-0.25, -0.2) is 0 Å². The summed E-state index contributed by atoms with van der Waals surface area (Å²) >= 11 is 0. The van der Waals surface area contributed by atoms with Crippen LogP contribution in [0.5, 0.6) is 5.75 Å². The number of phenols is 1. The molecule has 0 aliphatic heterocycles. The van der Waals surface area contributed by atoms with Crippen molar-refractivity contribution in [3.63, 3.8) is 0 Å². The Kier molecular flexibility index (Phi) is 3.60. The number of amides is 1. The quantitative estimate of drug-likeness (QED) is 0.659. The third kappa shape index (κ3) is 2.89. The van der Waals surface area contributed by atoms with E-state index in [0.29, 0.717) is 11.4 Å². The van der Waals surface area contributed by atoms with Gasteiger partial charge in [0.15, 0.2) is 0 Å². The van der Waals surface area contributed by atoms with E-state index in [2.05, 4.69) is 10.3 Å². The minimum absolute atomic E-state index is 0.204.